The molecule has 1 amide bonds. The van der Waals surface area contributed by atoms with Gasteiger partial charge in [0.15, 0.2) is 5.69 Å². The molecule has 0 bridgehead atoms. The minimum Gasteiger partial charge on any atom is -0.494 e. The van der Waals surface area contributed by atoms with Crippen molar-refractivity contribution in [1.82, 2.24) is 25.3 Å². The predicted octanol–water partition coefficient (Wildman–Crippen LogP) is 4.22. The lowest BCUT2D eigenvalue weighted by Crippen LogP contribution is -2.27. The summed E-state index contributed by atoms with van der Waals surface area (Å²) in [4.78, 5) is 17.2. The molecule has 4 rings (SSSR count). The third kappa shape index (κ3) is 4.45. The van der Waals surface area contributed by atoms with Crippen LogP contribution < -0.4 is 10.1 Å². The molecule has 2 aromatic carbocycles. The van der Waals surface area contributed by atoms with Crippen LogP contribution in [-0.2, 0) is 0 Å². The maximum atomic E-state index is 13.1. The highest BCUT2D eigenvalue weighted by Crippen LogP contribution is 2.26. The molecule has 4 aromatic rings. The number of carbonyl (C=O) groups excluding carboxylic acids is 1. The second-order valence-electron chi connectivity index (χ2n) is 6.97. The first-order valence-corrected chi connectivity index (χ1v) is 10.1. The highest BCUT2D eigenvalue weighted by atomic mass is 16.5. The molecule has 7 heteroatoms. The Bertz CT molecular complexity index is 1140. The van der Waals surface area contributed by atoms with Crippen molar-refractivity contribution in [2.24, 2.45) is 0 Å². The molecule has 0 spiro atoms. The monoisotopic (exact) mass is 413 g/mol. The van der Waals surface area contributed by atoms with E-state index in [0.717, 1.165) is 22.6 Å². The number of nitrogens with one attached hydrogen (secondary N) is 1. The Kier molecular flexibility index (Phi) is 6.03. The van der Waals surface area contributed by atoms with Gasteiger partial charge in [0.2, 0.25) is 0 Å². The van der Waals surface area contributed by atoms with Gasteiger partial charge in [0.25, 0.3) is 5.91 Å². The maximum absolute atomic E-state index is 13.1. The number of nitrogens with zero attached hydrogens (tertiary/aromatic N) is 4. The predicted molar refractivity (Wildman–Crippen MR) is 118 cm³/mol. The summed E-state index contributed by atoms with van der Waals surface area (Å²) in [5.74, 6) is 0.479. The molecule has 2 aromatic heterocycles. The number of amides is 1. The van der Waals surface area contributed by atoms with Gasteiger partial charge in [-0.1, -0.05) is 35.5 Å². The van der Waals surface area contributed by atoms with E-state index in [-0.39, 0.29) is 17.6 Å². The van der Waals surface area contributed by atoms with Crippen molar-refractivity contribution in [2.45, 2.75) is 19.9 Å². The van der Waals surface area contributed by atoms with Gasteiger partial charge in [-0.3, -0.25) is 9.78 Å². The molecule has 156 valence electrons. The Morgan fingerprint density at radius 2 is 1.74 bits per heavy atom. The van der Waals surface area contributed by atoms with Crippen LogP contribution in [0.4, 0.5) is 0 Å². The maximum Gasteiger partial charge on any atom is 0.274 e. The minimum absolute atomic E-state index is 0.172. The van der Waals surface area contributed by atoms with Crippen LogP contribution in [0.2, 0.25) is 0 Å². The van der Waals surface area contributed by atoms with Crippen molar-refractivity contribution in [1.29, 1.82) is 0 Å². The molecule has 2 heterocycles. The smallest absolute Gasteiger partial charge is 0.274 e. The van der Waals surface area contributed by atoms with Crippen LogP contribution in [0.3, 0.4) is 0 Å². The Balaban J connectivity index is 1.70. The summed E-state index contributed by atoms with van der Waals surface area (Å²) in [6.45, 7) is 4.47. The van der Waals surface area contributed by atoms with E-state index in [4.69, 9.17) is 4.74 Å². The molecule has 0 fully saturated rings. The first-order valence-electron chi connectivity index (χ1n) is 10.1. The number of carbonyl (C=O) groups is 1. The van der Waals surface area contributed by atoms with Crippen molar-refractivity contribution in [3.8, 4) is 22.7 Å². The van der Waals surface area contributed by atoms with Gasteiger partial charge in [-0.2, -0.15) is 0 Å². The largest absolute Gasteiger partial charge is 0.494 e. The molecular formula is C24H23N5O2. The fourth-order valence-electron chi connectivity index (χ4n) is 3.32. The number of hydrogen-bond acceptors (Lipinski definition) is 5. The van der Waals surface area contributed by atoms with Crippen LogP contribution in [0.5, 0.6) is 5.75 Å². The highest BCUT2D eigenvalue weighted by molar-refractivity contribution is 5.98. The second kappa shape index (κ2) is 9.21. The summed E-state index contributed by atoms with van der Waals surface area (Å²) in [5, 5.41) is 11.5. The lowest BCUT2D eigenvalue weighted by molar-refractivity contribution is 0.0935. The average Bonchev–Trinajstić information content (AvgIpc) is 3.26. The molecule has 7 nitrogen and oxygen atoms in total. The topological polar surface area (TPSA) is 81.9 Å². The van der Waals surface area contributed by atoms with E-state index >= 15 is 0 Å². The molecule has 1 atom stereocenters. The van der Waals surface area contributed by atoms with E-state index in [1.807, 2.05) is 80.6 Å². The first-order chi connectivity index (χ1) is 15.2. The van der Waals surface area contributed by atoms with Gasteiger partial charge >= 0.3 is 0 Å². The van der Waals surface area contributed by atoms with Crippen molar-refractivity contribution in [3.63, 3.8) is 0 Å². The molecule has 1 N–H and O–H groups in total. The van der Waals surface area contributed by atoms with E-state index in [1.54, 1.807) is 17.1 Å². The zero-order chi connectivity index (χ0) is 21.6. The number of rotatable bonds is 7. The van der Waals surface area contributed by atoms with Crippen LogP contribution in [0.1, 0.15) is 35.9 Å². The first kappa shape index (κ1) is 20.3. The fourth-order valence-corrected chi connectivity index (χ4v) is 3.32. The van der Waals surface area contributed by atoms with Gasteiger partial charge in [-0.15, -0.1) is 5.10 Å². The quantitative estimate of drug-likeness (QED) is 0.491. The molecule has 0 unspecified atom stereocenters. The van der Waals surface area contributed by atoms with E-state index < -0.39 is 0 Å². The van der Waals surface area contributed by atoms with Gasteiger partial charge in [0.05, 0.1) is 18.3 Å². The van der Waals surface area contributed by atoms with E-state index in [2.05, 4.69) is 20.6 Å². The molecule has 0 aliphatic carbocycles. The summed E-state index contributed by atoms with van der Waals surface area (Å²) < 4.78 is 7.18. The Morgan fingerprint density at radius 1 is 1.03 bits per heavy atom. The van der Waals surface area contributed by atoms with Crippen LogP contribution in [-0.4, -0.2) is 32.5 Å². The zero-order valence-corrected chi connectivity index (χ0v) is 17.4. The third-order valence-electron chi connectivity index (χ3n) is 4.88. The van der Waals surface area contributed by atoms with Crippen LogP contribution >= 0.6 is 0 Å². The second-order valence-corrected chi connectivity index (χ2v) is 6.97. The molecule has 0 radical (unpaired) electrons. The number of hydrogen-bond donors (Lipinski definition) is 1. The number of benzene rings is 2. The van der Waals surface area contributed by atoms with Crippen molar-refractivity contribution >= 4 is 5.91 Å². The summed E-state index contributed by atoms with van der Waals surface area (Å²) >= 11 is 0. The van der Waals surface area contributed by atoms with E-state index in [9.17, 15) is 4.79 Å². The summed E-state index contributed by atoms with van der Waals surface area (Å²) in [7, 11) is 0. The Morgan fingerprint density at radius 3 is 2.42 bits per heavy atom. The molecule has 0 aliphatic rings. The van der Waals surface area contributed by atoms with E-state index in [0.29, 0.717) is 12.3 Å². The Hall–Kier alpha value is -4.00. The standard InChI is InChI=1S/C24H23N5O2/c1-3-31-21-11-9-20(10-12-21)29-23(19-13-15-25-16-14-19)22(27-28-29)24(30)26-17(2)18-7-5-4-6-8-18/h4-17H,3H2,1-2H3,(H,26,30)/t17-/m0/s1. The summed E-state index contributed by atoms with van der Waals surface area (Å²) in [5.41, 5.74) is 3.44. The van der Waals surface area contributed by atoms with E-state index in [1.165, 1.54) is 0 Å². The van der Waals surface area contributed by atoms with Gasteiger partial charge in [-0.25, -0.2) is 4.68 Å². The normalized spacial score (nSPS) is 11.7. The van der Waals surface area contributed by atoms with Crippen molar-refractivity contribution in [3.05, 3.63) is 90.4 Å². The van der Waals surface area contributed by atoms with Crippen LogP contribution in [0, 0.1) is 0 Å². The summed E-state index contributed by atoms with van der Waals surface area (Å²) in [6, 6.07) is 20.8. The van der Waals surface area contributed by atoms with Crippen molar-refractivity contribution in [2.75, 3.05) is 6.61 Å². The average molecular weight is 413 g/mol. The molecule has 0 saturated carbocycles. The lowest BCUT2D eigenvalue weighted by Gasteiger charge is -2.14. The lowest BCUT2D eigenvalue weighted by atomic mass is 10.1. The van der Waals surface area contributed by atoms with Gasteiger partial charge in [0.1, 0.15) is 11.4 Å². The van der Waals surface area contributed by atoms with Crippen LogP contribution in [0.25, 0.3) is 16.9 Å². The fraction of sp³-hybridized carbons (Fsp3) is 0.167. The molecule has 0 aliphatic heterocycles. The molecule has 0 saturated heterocycles. The number of pyridine rings is 1. The molecular weight excluding hydrogens is 390 g/mol. The highest BCUT2D eigenvalue weighted by Gasteiger charge is 2.23. The number of ether oxygens (including phenoxy) is 1. The third-order valence-corrected chi connectivity index (χ3v) is 4.88. The van der Waals surface area contributed by atoms with Gasteiger partial charge in [-0.05, 0) is 55.8 Å². The molecule has 31 heavy (non-hydrogen) atoms. The van der Waals surface area contributed by atoms with Crippen molar-refractivity contribution < 1.29 is 9.53 Å². The zero-order valence-electron chi connectivity index (χ0n) is 17.4. The van der Waals surface area contributed by atoms with Crippen LogP contribution in [0.15, 0.2) is 79.1 Å². The minimum atomic E-state index is -0.291. The Labute approximate surface area is 180 Å². The summed E-state index contributed by atoms with van der Waals surface area (Å²) in [6.07, 6.45) is 3.36. The van der Waals surface area contributed by atoms with Gasteiger partial charge in [0, 0.05) is 18.0 Å². The number of aromatic nitrogens is 4. The SMILES string of the molecule is CCOc1ccc(-n2nnc(C(=O)N[C@@H](C)c3ccccc3)c2-c2ccncc2)cc1. The van der Waals surface area contributed by atoms with Gasteiger partial charge < -0.3 is 10.1 Å².